The fourth-order valence-electron chi connectivity index (χ4n) is 4.21. The first-order valence-corrected chi connectivity index (χ1v) is 11.6. The molecule has 178 valence electrons. The Hall–Kier alpha value is -4.20. The number of aromatic nitrogens is 2. The second-order valence-corrected chi connectivity index (χ2v) is 8.85. The summed E-state index contributed by atoms with van der Waals surface area (Å²) in [5.41, 5.74) is 4.08. The van der Waals surface area contributed by atoms with Crippen LogP contribution in [0.3, 0.4) is 0 Å². The standard InChI is InChI=1S/C27H26N4O4/c1-17-5-8-19(9-6-17)24-29-26(35-30-24)20-11-13-31(14-12-20)27(33)21-10-7-18(2)22(16-21)28-25(32)23-4-3-15-34-23/h3-10,15-16,20H,11-14H2,1-2H3,(H,28,32). The summed E-state index contributed by atoms with van der Waals surface area (Å²) >= 11 is 0. The molecule has 1 fully saturated rings. The molecule has 0 unspecified atom stereocenters. The molecule has 1 aliphatic heterocycles. The van der Waals surface area contributed by atoms with Crippen LogP contribution in [0.5, 0.6) is 0 Å². The van der Waals surface area contributed by atoms with Gasteiger partial charge in [-0.1, -0.05) is 41.1 Å². The van der Waals surface area contributed by atoms with Gasteiger partial charge in [0.05, 0.1) is 6.26 Å². The van der Waals surface area contributed by atoms with Crippen LogP contribution in [0, 0.1) is 13.8 Å². The third-order valence-electron chi connectivity index (χ3n) is 6.36. The van der Waals surface area contributed by atoms with Gasteiger partial charge in [0.15, 0.2) is 5.76 Å². The van der Waals surface area contributed by atoms with Crippen LogP contribution in [0.4, 0.5) is 5.69 Å². The van der Waals surface area contributed by atoms with E-state index in [1.165, 1.54) is 11.8 Å². The van der Waals surface area contributed by atoms with E-state index in [0.29, 0.717) is 36.1 Å². The van der Waals surface area contributed by atoms with Crippen molar-refractivity contribution >= 4 is 17.5 Å². The van der Waals surface area contributed by atoms with Crippen molar-refractivity contribution in [2.45, 2.75) is 32.6 Å². The van der Waals surface area contributed by atoms with Gasteiger partial charge in [-0.2, -0.15) is 4.98 Å². The molecule has 0 aliphatic carbocycles. The van der Waals surface area contributed by atoms with E-state index in [0.717, 1.165) is 24.0 Å². The Morgan fingerprint density at radius 3 is 2.51 bits per heavy atom. The number of hydrogen-bond donors (Lipinski definition) is 1. The van der Waals surface area contributed by atoms with Crippen molar-refractivity contribution in [1.82, 2.24) is 15.0 Å². The summed E-state index contributed by atoms with van der Waals surface area (Å²) in [5.74, 6) is 1.12. The molecule has 8 heteroatoms. The van der Waals surface area contributed by atoms with E-state index < -0.39 is 0 Å². The van der Waals surface area contributed by atoms with Crippen molar-refractivity contribution in [3.63, 3.8) is 0 Å². The summed E-state index contributed by atoms with van der Waals surface area (Å²) in [6.45, 7) is 5.10. The van der Waals surface area contributed by atoms with Crippen molar-refractivity contribution in [2.24, 2.45) is 0 Å². The second-order valence-electron chi connectivity index (χ2n) is 8.85. The molecule has 5 rings (SSSR count). The first kappa shape index (κ1) is 22.6. The second kappa shape index (κ2) is 9.58. The average Bonchev–Trinajstić information content (AvgIpc) is 3.59. The summed E-state index contributed by atoms with van der Waals surface area (Å²) < 4.78 is 10.7. The van der Waals surface area contributed by atoms with Crippen LogP contribution in [0.25, 0.3) is 11.4 Å². The van der Waals surface area contributed by atoms with Crippen LogP contribution < -0.4 is 5.32 Å². The molecule has 0 saturated carbocycles. The lowest BCUT2D eigenvalue weighted by atomic mass is 9.96. The van der Waals surface area contributed by atoms with E-state index in [1.807, 2.05) is 49.1 Å². The maximum atomic E-state index is 13.2. The van der Waals surface area contributed by atoms with Gasteiger partial charge in [0.2, 0.25) is 11.7 Å². The molecule has 2 aromatic carbocycles. The minimum atomic E-state index is -0.354. The van der Waals surface area contributed by atoms with Gasteiger partial charge in [-0.15, -0.1) is 0 Å². The minimum absolute atomic E-state index is 0.0668. The first-order valence-electron chi connectivity index (χ1n) is 11.6. The van der Waals surface area contributed by atoms with Crippen LogP contribution in [0.15, 0.2) is 69.8 Å². The third-order valence-corrected chi connectivity index (χ3v) is 6.36. The number of carbonyl (C=O) groups is 2. The van der Waals surface area contributed by atoms with Gasteiger partial charge in [0, 0.05) is 35.8 Å². The summed E-state index contributed by atoms with van der Waals surface area (Å²) in [5, 5.41) is 6.97. The van der Waals surface area contributed by atoms with E-state index in [2.05, 4.69) is 15.5 Å². The van der Waals surface area contributed by atoms with Crippen LogP contribution >= 0.6 is 0 Å². The topological polar surface area (TPSA) is 101 Å². The zero-order chi connectivity index (χ0) is 24.4. The van der Waals surface area contributed by atoms with E-state index in [1.54, 1.807) is 24.3 Å². The predicted octanol–water partition coefficient (Wildman–Crippen LogP) is 5.22. The maximum absolute atomic E-state index is 13.2. The fraction of sp³-hybridized carbons (Fsp3) is 0.259. The minimum Gasteiger partial charge on any atom is -0.459 e. The highest BCUT2D eigenvalue weighted by atomic mass is 16.5. The highest BCUT2D eigenvalue weighted by Gasteiger charge is 2.28. The number of aryl methyl sites for hydroxylation is 2. The quantitative estimate of drug-likeness (QED) is 0.429. The Labute approximate surface area is 202 Å². The van der Waals surface area contributed by atoms with Crippen molar-refractivity contribution in [3.8, 4) is 11.4 Å². The van der Waals surface area contributed by atoms with Gasteiger partial charge in [0.1, 0.15) is 0 Å². The van der Waals surface area contributed by atoms with Gasteiger partial charge < -0.3 is 19.2 Å². The van der Waals surface area contributed by atoms with Crippen LogP contribution in [-0.4, -0.2) is 39.9 Å². The number of hydrogen-bond acceptors (Lipinski definition) is 6. The van der Waals surface area contributed by atoms with Crippen molar-refractivity contribution in [1.29, 1.82) is 0 Å². The Kier molecular flexibility index (Phi) is 6.18. The van der Waals surface area contributed by atoms with E-state index in [4.69, 9.17) is 8.94 Å². The molecule has 2 amide bonds. The lowest BCUT2D eigenvalue weighted by Crippen LogP contribution is -2.38. The Morgan fingerprint density at radius 2 is 1.80 bits per heavy atom. The van der Waals surface area contributed by atoms with Gasteiger partial charge in [-0.05, 0) is 56.5 Å². The summed E-state index contributed by atoms with van der Waals surface area (Å²) in [7, 11) is 0. The molecule has 0 atom stereocenters. The Balaban J connectivity index is 1.22. The SMILES string of the molecule is Cc1ccc(-c2noc(C3CCN(C(=O)c4ccc(C)c(NC(=O)c5ccco5)c4)CC3)n2)cc1. The van der Waals surface area contributed by atoms with Crippen molar-refractivity contribution in [2.75, 3.05) is 18.4 Å². The number of anilines is 1. The van der Waals surface area contributed by atoms with Crippen LogP contribution in [0.2, 0.25) is 0 Å². The lowest BCUT2D eigenvalue weighted by molar-refractivity contribution is 0.0704. The molecule has 1 aliphatic rings. The average molecular weight is 471 g/mol. The molecule has 3 heterocycles. The number of amides is 2. The molecule has 35 heavy (non-hydrogen) atoms. The van der Waals surface area contributed by atoms with E-state index in [-0.39, 0.29) is 23.5 Å². The Bertz CT molecular complexity index is 1330. The third kappa shape index (κ3) is 4.87. The summed E-state index contributed by atoms with van der Waals surface area (Å²) in [6, 6.07) is 16.6. The molecular weight excluding hydrogens is 444 g/mol. The lowest BCUT2D eigenvalue weighted by Gasteiger charge is -2.30. The number of benzene rings is 2. The molecule has 8 nitrogen and oxygen atoms in total. The molecule has 0 bridgehead atoms. The molecule has 1 N–H and O–H groups in total. The summed E-state index contributed by atoms with van der Waals surface area (Å²) in [6.07, 6.45) is 2.94. The molecule has 4 aromatic rings. The largest absolute Gasteiger partial charge is 0.459 e. The number of nitrogens with one attached hydrogen (secondary N) is 1. The van der Waals surface area contributed by atoms with Gasteiger partial charge in [0.25, 0.3) is 11.8 Å². The highest BCUT2D eigenvalue weighted by molar-refractivity contribution is 6.04. The van der Waals surface area contributed by atoms with E-state index >= 15 is 0 Å². The van der Waals surface area contributed by atoms with Crippen LogP contribution in [-0.2, 0) is 0 Å². The van der Waals surface area contributed by atoms with Gasteiger partial charge >= 0.3 is 0 Å². The zero-order valence-corrected chi connectivity index (χ0v) is 19.7. The number of furan rings is 1. The van der Waals surface area contributed by atoms with Crippen molar-refractivity contribution in [3.05, 3.63) is 89.2 Å². The zero-order valence-electron chi connectivity index (χ0n) is 19.7. The van der Waals surface area contributed by atoms with Crippen molar-refractivity contribution < 1.29 is 18.5 Å². The number of nitrogens with zero attached hydrogens (tertiary/aromatic N) is 3. The molecule has 1 saturated heterocycles. The van der Waals surface area contributed by atoms with Crippen LogP contribution in [0.1, 0.15) is 56.7 Å². The maximum Gasteiger partial charge on any atom is 0.291 e. The summed E-state index contributed by atoms with van der Waals surface area (Å²) in [4.78, 5) is 32.0. The monoisotopic (exact) mass is 470 g/mol. The molecule has 0 radical (unpaired) electrons. The number of likely N-dealkylation sites (tertiary alicyclic amines) is 1. The number of piperidine rings is 1. The fourth-order valence-corrected chi connectivity index (χ4v) is 4.21. The predicted molar refractivity (Wildman–Crippen MR) is 130 cm³/mol. The smallest absolute Gasteiger partial charge is 0.291 e. The van der Waals surface area contributed by atoms with Gasteiger partial charge in [-0.3, -0.25) is 9.59 Å². The molecule has 2 aromatic heterocycles. The van der Waals surface area contributed by atoms with Gasteiger partial charge in [-0.25, -0.2) is 0 Å². The highest BCUT2D eigenvalue weighted by Crippen LogP contribution is 2.30. The number of rotatable bonds is 5. The Morgan fingerprint density at radius 1 is 1.03 bits per heavy atom. The first-order chi connectivity index (χ1) is 17.0. The normalized spacial score (nSPS) is 14.2. The molecular formula is C27H26N4O4. The van der Waals surface area contributed by atoms with E-state index in [9.17, 15) is 9.59 Å². The number of carbonyl (C=O) groups excluding carboxylic acids is 2. The molecule has 0 spiro atoms.